The van der Waals surface area contributed by atoms with Crippen LogP contribution in [0.1, 0.15) is 15.9 Å². The number of phenolic OH excluding ortho intramolecular Hbond substituents is 1. The molecule has 0 saturated heterocycles. The van der Waals surface area contributed by atoms with Gasteiger partial charge in [0.1, 0.15) is 17.4 Å². The van der Waals surface area contributed by atoms with Gasteiger partial charge >= 0.3 is 0 Å². The molecular weight excluding hydrogens is 266 g/mol. The smallest absolute Gasteiger partial charge is 0.253 e. The number of carbonyl (C=O) groups is 1. The summed E-state index contributed by atoms with van der Waals surface area (Å²) in [5, 5.41) is 11.7. The molecule has 1 amide bonds. The lowest BCUT2D eigenvalue weighted by molar-refractivity contribution is 0.0951. The Bertz CT molecular complexity index is 660. The maximum absolute atomic E-state index is 13.4. The fourth-order valence-electron chi connectivity index (χ4n) is 1.69. The van der Waals surface area contributed by atoms with Crippen molar-refractivity contribution in [1.82, 2.24) is 5.32 Å². The van der Waals surface area contributed by atoms with E-state index in [2.05, 4.69) is 5.32 Å². The Kier molecular flexibility index (Phi) is 3.84. The van der Waals surface area contributed by atoms with Crippen LogP contribution in [0.2, 0.25) is 0 Å². The van der Waals surface area contributed by atoms with E-state index in [0.29, 0.717) is 0 Å². The van der Waals surface area contributed by atoms with E-state index in [1.807, 2.05) is 0 Å². The number of nitrogens with two attached hydrogens (primary N) is 1. The number of amides is 1. The molecule has 2 aromatic carbocycles. The summed E-state index contributed by atoms with van der Waals surface area (Å²) < 4.78 is 26.4. The van der Waals surface area contributed by atoms with Crippen molar-refractivity contribution in [2.45, 2.75) is 6.54 Å². The van der Waals surface area contributed by atoms with Gasteiger partial charge in [0.15, 0.2) is 0 Å². The minimum atomic E-state index is -0.615. The molecule has 0 fully saturated rings. The summed E-state index contributed by atoms with van der Waals surface area (Å²) in [6.07, 6.45) is 0. The highest BCUT2D eigenvalue weighted by Crippen LogP contribution is 2.18. The van der Waals surface area contributed by atoms with E-state index in [0.717, 1.165) is 18.2 Å². The Morgan fingerprint density at radius 1 is 1.20 bits per heavy atom. The Morgan fingerprint density at radius 3 is 2.70 bits per heavy atom. The first kappa shape index (κ1) is 13.8. The number of phenols is 1. The number of hydrogen-bond donors (Lipinski definition) is 3. The van der Waals surface area contributed by atoms with Crippen LogP contribution in [0.4, 0.5) is 14.5 Å². The number of carbonyl (C=O) groups excluding carboxylic acids is 1. The Balaban J connectivity index is 2.12. The molecule has 6 heteroatoms. The summed E-state index contributed by atoms with van der Waals surface area (Å²) in [6.45, 7) is -0.183. The molecule has 0 atom stereocenters. The highest BCUT2D eigenvalue weighted by molar-refractivity contribution is 5.99. The van der Waals surface area contributed by atoms with E-state index in [1.54, 1.807) is 0 Å². The molecule has 4 nitrogen and oxygen atoms in total. The van der Waals surface area contributed by atoms with Crippen molar-refractivity contribution in [1.29, 1.82) is 0 Å². The van der Waals surface area contributed by atoms with Crippen molar-refractivity contribution < 1.29 is 18.7 Å². The molecule has 0 heterocycles. The zero-order valence-electron chi connectivity index (χ0n) is 10.4. The van der Waals surface area contributed by atoms with Crippen LogP contribution in [0.3, 0.4) is 0 Å². The van der Waals surface area contributed by atoms with Crippen LogP contribution in [0, 0.1) is 11.6 Å². The third-order valence-corrected chi connectivity index (χ3v) is 2.73. The molecular formula is C14H12F2N2O2. The standard InChI is InChI=1S/C14H12F2N2O2/c15-9-1-3-12(16)8(5-9)7-18-14(20)11-6-10(19)2-4-13(11)17/h1-6,19H,7,17H2,(H,18,20). The van der Waals surface area contributed by atoms with Gasteiger partial charge in [0, 0.05) is 17.8 Å². The topological polar surface area (TPSA) is 75.3 Å². The van der Waals surface area contributed by atoms with Gasteiger partial charge in [-0.15, -0.1) is 0 Å². The lowest BCUT2D eigenvalue weighted by atomic mass is 10.1. The second-order valence-corrected chi connectivity index (χ2v) is 4.19. The Morgan fingerprint density at radius 2 is 1.95 bits per heavy atom. The fourth-order valence-corrected chi connectivity index (χ4v) is 1.69. The van der Waals surface area contributed by atoms with Gasteiger partial charge in [0.25, 0.3) is 5.91 Å². The summed E-state index contributed by atoms with van der Waals surface area (Å²) in [6, 6.07) is 6.91. The second-order valence-electron chi connectivity index (χ2n) is 4.19. The normalized spacial score (nSPS) is 10.3. The van der Waals surface area contributed by atoms with E-state index in [1.165, 1.54) is 18.2 Å². The van der Waals surface area contributed by atoms with Gasteiger partial charge in [0.2, 0.25) is 0 Å². The summed E-state index contributed by atoms with van der Waals surface area (Å²) >= 11 is 0. The SMILES string of the molecule is Nc1ccc(O)cc1C(=O)NCc1cc(F)ccc1F. The monoisotopic (exact) mass is 278 g/mol. The number of anilines is 1. The van der Waals surface area contributed by atoms with Gasteiger partial charge in [-0.3, -0.25) is 4.79 Å². The van der Waals surface area contributed by atoms with Crippen molar-refractivity contribution in [3.05, 3.63) is 59.2 Å². The lowest BCUT2D eigenvalue weighted by Gasteiger charge is -2.09. The van der Waals surface area contributed by atoms with Gasteiger partial charge in [-0.2, -0.15) is 0 Å². The van der Waals surface area contributed by atoms with Gasteiger partial charge in [-0.1, -0.05) is 0 Å². The van der Waals surface area contributed by atoms with E-state index in [4.69, 9.17) is 5.73 Å². The van der Waals surface area contributed by atoms with Gasteiger partial charge in [0.05, 0.1) is 5.56 Å². The average molecular weight is 278 g/mol. The first-order valence-corrected chi connectivity index (χ1v) is 5.78. The average Bonchev–Trinajstić information content (AvgIpc) is 2.42. The van der Waals surface area contributed by atoms with Crippen LogP contribution >= 0.6 is 0 Å². The summed E-state index contributed by atoms with van der Waals surface area (Å²) in [4.78, 5) is 11.9. The molecule has 104 valence electrons. The van der Waals surface area contributed by atoms with Gasteiger partial charge < -0.3 is 16.2 Å². The van der Waals surface area contributed by atoms with Crippen molar-refractivity contribution in [2.24, 2.45) is 0 Å². The van der Waals surface area contributed by atoms with Crippen LogP contribution < -0.4 is 11.1 Å². The highest BCUT2D eigenvalue weighted by Gasteiger charge is 2.11. The maximum atomic E-state index is 13.4. The van der Waals surface area contributed by atoms with Crippen LogP contribution in [0.5, 0.6) is 5.75 Å². The minimum Gasteiger partial charge on any atom is -0.508 e. The second kappa shape index (κ2) is 5.56. The summed E-state index contributed by atoms with van der Waals surface area (Å²) in [5.74, 6) is -1.90. The van der Waals surface area contributed by atoms with Crippen LogP contribution in [0.15, 0.2) is 36.4 Å². The minimum absolute atomic E-state index is 0.0251. The molecule has 4 N–H and O–H groups in total. The number of rotatable bonds is 3. The Hall–Kier alpha value is -2.63. The third-order valence-electron chi connectivity index (χ3n) is 2.73. The fraction of sp³-hybridized carbons (Fsp3) is 0.0714. The van der Waals surface area contributed by atoms with Gasteiger partial charge in [-0.05, 0) is 36.4 Å². The zero-order chi connectivity index (χ0) is 14.7. The number of nitrogen functional groups attached to an aromatic ring is 1. The third kappa shape index (κ3) is 3.03. The van der Waals surface area contributed by atoms with E-state index in [9.17, 15) is 18.7 Å². The molecule has 0 aromatic heterocycles. The maximum Gasteiger partial charge on any atom is 0.253 e. The van der Waals surface area contributed by atoms with E-state index >= 15 is 0 Å². The zero-order valence-corrected chi connectivity index (χ0v) is 10.4. The summed E-state index contributed by atoms with van der Waals surface area (Å²) in [5.41, 5.74) is 5.88. The molecule has 0 bridgehead atoms. The predicted octanol–water partition coefficient (Wildman–Crippen LogP) is 2.18. The van der Waals surface area contributed by atoms with Crippen LogP contribution in [-0.4, -0.2) is 11.0 Å². The molecule has 0 aliphatic rings. The quantitative estimate of drug-likeness (QED) is 0.595. The number of aromatic hydroxyl groups is 1. The predicted molar refractivity (Wildman–Crippen MR) is 70.0 cm³/mol. The lowest BCUT2D eigenvalue weighted by Crippen LogP contribution is -2.24. The van der Waals surface area contributed by atoms with E-state index < -0.39 is 17.5 Å². The first-order chi connectivity index (χ1) is 9.47. The molecule has 0 aliphatic carbocycles. The Labute approximate surface area is 113 Å². The molecule has 0 aliphatic heterocycles. The highest BCUT2D eigenvalue weighted by atomic mass is 19.1. The molecule has 2 aromatic rings. The largest absolute Gasteiger partial charge is 0.508 e. The molecule has 0 spiro atoms. The first-order valence-electron chi connectivity index (χ1n) is 5.78. The van der Waals surface area contributed by atoms with Gasteiger partial charge in [-0.25, -0.2) is 8.78 Å². The van der Waals surface area contributed by atoms with Crippen molar-refractivity contribution in [2.75, 3.05) is 5.73 Å². The number of nitrogens with one attached hydrogen (secondary N) is 1. The number of hydrogen-bond acceptors (Lipinski definition) is 3. The van der Waals surface area contributed by atoms with Crippen molar-refractivity contribution in [3.8, 4) is 5.75 Å². The van der Waals surface area contributed by atoms with Crippen LogP contribution in [-0.2, 0) is 6.54 Å². The molecule has 20 heavy (non-hydrogen) atoms. The molecule has 0 radical (unpaired) electrons. The number of benzene rings is 2. The van der Waals surface area contributed by atoms with Crippen molar-refractivity contribution in [3.63, 3.8) is 0 Å². The molecule has 0 saturated carbocycles. The summed E-state index contributed by atoms with van der Waals surface area (Å²) in [7, 11) is 0. The van der Waals surface area contributed by atoms with E-state index in [-0.39, 0.29) is 29.1 Å². The number of halogens is 2. The van der Waals surface area contributed by atoms with Crippen molar-refractivity contribution >= 4 is 11.6 Å². The molecule has 2 rings (SSSR count). The van der Waals surface area contributed by atoms with Crippen LogP contribution in [0.25, 0.3) is 0 Å². The molecule has 0 unspecified atom stereocenters.